The Morgan fingerprint density at radius 2 is 1.74 bits per heavy atom. The minimum absolute atomic E-state index is 0.0133. The Kier molecular flexibility index (Phi) is 3.57. The van der Waals surface area contributed by atoms with E-state index in [0.29, 0.717) is 18.4 Å². The number of esters is 2. The highest BCUT2D eigenvalue weighted by atomic mass is 16.5. The van der Waals surface area contributed by atoms with Crippen LogP contribution in [0.3, 0.4) is 0 Å². The summed E-state index contributed by atoms with van der Waals surface area (Å²) in [5, 5.41) is 0. The van der Waals surface area contributed by atoms with Crippen molar-refractivity contribution in [3.63, 3.8) is 0 Å². The predicted octanol–water partition coefficient (Wildman–Crippen LogP) is 1.01. The van der Waals surface area contributed by atoms with Gasteiger partial charge in [-0.15, -0.1) is 0 Å². The molecule has 1 aromatic carbocycles. The van der Waals surface area contributed by atoms with Crippen molar-refractivity contribution in [2.45, 2.75) is 24.3 Å². The second kappa shape index (κ2) is 5.01. The molecule has 0 spiro atoms. The van der Waals surface area contributed by atoms with Crippen LogP contribution in [0.4, 0.5) is 0 Å². The molecule has 5 nitrogen and oxygen atoms in total. The first-order valence-corrected chi connectivity index (χ1v) is 6.06. The first-order chi connectivity index (χ1) is 9.03. The molecule has 0 saturated heterocycles. The fourth-order valence-electron chi connectivity index (χ4n) is 2.59. The lowest BCUT2D eigenvalue weighted by molar-refractivity contribution is -0.152. The van der Waals surface area contributed by atoms with E-state index in [1.807, 2.05) is 0 Å². The highest BCUT2D eigenvalue weighted by molar-refractivity contribution is 5.90. The van der Waals surface area contributed by atoms with E-state index in [0.717, 1.165) is 5.56 Å². The van der Waals surface area contributed by atoms with Crippen molar-refractivity contribution in [2.24, 2.45) is 5.73 Å². The first-order valence-electron chi connectivity index (χ1n) is 6.06. The number of hydrogen-bond acceptors (Lipinski definition) is 5. The van der Waals surface area contributed by atoms with E-state index in [9.17, 15) is 9.59 Å². The fraction of sp³-hybridized carbons (Fsp3) is 0.429. The molecule has 1 aromatic rings. The highest BCUT2D eigenvalue weighted by Gasteiger charge is 2.51. The molecule has 0 aromatic heterocycles. The molecule has 19 heavy (non-hydrogen) atoms. The maximum atomic E-state index is 12.0. The number of carbonyl (C=O) groups excluding carboxylic acids is 2. The molecule has 5 heteroatoms. The molecule has 2 N–H and O–H groups in total. The molecule has 102 valence electrons. The zero-order chi connectivity index (χ0) is 14.0. The Labute approximate surface area is 111 Å². The lowest BCUT2D eigenvalue weighted by Gasteiger charge is -2.43. The molecule has 0 heterocycles. The summed E-state index contributed by atoms with van der Waals surface area (Å²) < 4.78 is 9.51. The fourth-order valence-corrected chi connectivity index (χ4v) is 2.59. The van der Waals surface area contributed by atoms with Crippen LogP contribution in [0.25, 0.3) is 0 Å². The van der Waals surface area contributed by atoms with E-state index in [1.165, 1.54) is 14.2 Å². The van der Waals surface area contributed by atoms with Crippen molar-refractivity contribution in [1.29, 1.82) is 0 Å². The Bertz CT molecular complexity index is 489. The Morgan fingerprint density at radius 1 is 1.16 bits per heavy atom. The summed E-state index contributed by atoms with van der Waals surface area (Å²) >= 11 is 0. The first kappa shape index (κ1) is 13.5. The van der Waals surface area contributed by atoms with Crippen LogP contribution in [0.1, 0.15) is 28.8 Å². The van der Waals surface area contributed by atoms with E-state index >= 15 is 0 Å². The maximum Gasteiger partial charge on any atom is 0.337 e. The van der Waals surface area contributed by atoms with Crippen molar-refractivity contribution >= 4 is 11.9 Å². The Hall–Kier alpha value is -1.88. The Balaban J connectivity index is 2.29. The molecule has 0 aliphatic heterocycles. The summed E-state index contributed by atoms with van der Waals surface area (Å²) in [6.45, 7) is 0. The van der Waals surface area contributed by atoms with E-state index < -0.39 is 11.4 Å². The van der Waals surface area contributed by atoms with Crippen molar-refractivity contribution in [3.05, 3.63) is 35.4 Å². The molecule has 0 bridgehead atoms. The van der Waals surface area contributed by atoms with Gasteiger partial charge in [0.2, 0.25) is 0 Å². The number of rotatable bonds is 3. The molecule has 1 fully saturated rings. The number of hydrogen-bond donors (Lipinski definition) is 1. The van der Waals surface area contributed by atoms with Gasteiger partial charge in [0.1, 0.15) is 0 Å². The second-order valence-electron chi connectivity index (χ2n) is 4.81. The van der Waals surface area contributed by atoms with Gasteiger partial charge in [-0.3, -0.25) is 4.79 Å². The molecule has 1 aliphatic rings. The van der Waals surface area contributed by atoms with Gasteiger partial charge in [0.25, 0.3) is 0 Å². The van der Waals surface area contributed by atoms with Crippen LogP contribution in [0.15, 0.2) is 24.3 Å². The van der Waals surface area contributed by atoms with E-state index in [-0.39, 0.29) is 12.0 Å². The SMILES string of the molecule is COC(=O)c1ccc(C2(C(=O)OC)CC(N)C2)cc1. The van der Waals surface area contributed by atoms with Crippen LogP contribution < -0.4 is 5.73 Å². The van der Waals surface area contributed by atoms with Crippen LogP contribution in [0, 0.1) is 0 Å². The van der Waals surface area contributed by atoms with Crippen molar-refractivity contribution in [2.75, 3.05) is 14.2 Å². The predicted molar refractivity (Wildman–Crippen MR) is 68.7 cm³/mol. The monoisotopic (exact) mass is 263 g/mol. The molecule has 1 aliphatic carbocycles. The summed E-state index contributed by atoms with van der Waals surface area (Å²) in [7, 11) is 2.70. The average Bonchev–Trinajstić information content (AvgIpc) is 2.42. The third kappa shape index (κ3) is 2.21. The minimum atomic E-state index is -0.664. The van der Waals surface area contributed by atoms with Crippen LogP contribution in [-0.4, -0.2) is 32.2 Å². The van der Waals surface area contributed by atoms with Gasteiger partial charge in [0, 0.05) is 6.04 Å². The van der Waals surface area contributed by atoms with Crippen LogP contribution in [0.5, 0.6) is 0 Å². The lowest BCUT2D eigenvalue weighted by Crippen LogP contribution is -2.54. The molecular formula is C14H17NO4. The molecule has 2 rings (SSSR count). The molecular weight excluding hydrogens is 246 g/mol. The number of ether oxygens (including phenoxy) is 2. The molecule has 1 saturated carbocycles. The summed E-state index contributed by atoms with van der Waals surface area (Å²) in [4.78, 5) is 23.3. The van der Waals surface area contributed by atoms with Gasteiger partial charge >= 0.3 is 11.9 Å². The number of benzene rings is 1. The van der Waals surface area contributed by atoms with Crippen molar-refractivity contribution in [1.82, 2.24) is 0 Å². The number of carbonyl (C=O) groups is 2. The molecule has 0 amide bonds. The van der Waals surface area contributed by atoms with Crippen molar-refractivity contribution < 1.29 is 19.1 Å². The minimum Gasteiger partial charge on any atom is -0.468 e. The van der Waals surface area contributed by atoms with Gasteiger partial charge in [-0.05, 0) is 30.5 Å². The highest BCUT2D eigenvalue weighted by Crippen LogP contribution is 2.44. The number of methoxy groups -OCH3 is 2. The summed E-state index contributed by atoms with van der Waals surface area (Å²) in [5.74, 6) is -0.677. The Morgan fingerprint density at radius 3 is 2.16 bits per heavy atom. The average molecular weight is 263 g/mol. The normalized spacial score (nSPS) is 25.3. The second-order valence-corrected chi connectivity index (χ2v) is 4.81. The summed E-state index contributed by atoms with van der Waals surface area (Å²) in [6.07, 6.45) is 1.13. The van der Waals surface area contributed by atoms with Gasteiger partial charge in [0.05, 0.1) is 25.2 Å². The largest absolute Gasteiger partial charge is 0.468 e. The smallest absolute Gasteiger partial charge is 0.337 e. The zero-order valence-corrected chi connectivity index (χ0v) is 11.0. The van der Waals surface area contributed by atoms with Gasteiger partial charge < -0.3 is 15.2 Å². The third-order valence-corrected chi connectivity index (χ3v) is 3.66. The summed E-state index contributed by atoms with van der Waals surface area (Å²) in [5.41, 5.74) is 6.42. The zero-order valence-electron chi connectivity index (χ0n) is 11.0. The molecule has 0 radical (unpaired) electrons. The lowest BCUT2D eigenvalue weighted by atomic mass is 9.62. The molecule has 0 atom stereocenters. The van der Waals surface area contributed by atoms with E-state index in [2.05, 4.69) is 4.74 Å². The topological polar surface area (TPSA) is 78.6 Å². The van der Waals surface area contributed by atoms with E-state index in [1.54, 1.807) is 24.3 Å². The van der Waals surface area contributed by atoms with Gasteiger partial charge in [-0.1, -0.05) is 12.1 Å². The standard InChI is InChI=1S/C14H17NO4/c1-18-12(16)9-3-5-10(6-4-9)14(13(17)19-2)7-11(15)8-14/h3-6,11H,7-8,15H2,1-2H3. The summed E-state index contributed by atoms with van der Waals surface area (Å²) in [6, 6.07) is 6.83. The van der Waals surface area contributed by atoms with Crippen LogP contribution in [0.2, 0.25) is 0 Å². The van der Waals surface area contributed by atoms with Gasteiger partial charge in [-0.2, -0.15) is 0 Å². The van der Waals surface area contributed by atoms with E-state index in [4.69, 9.17) is 10.5 Å². The third-order valence-electron chi connectivity index (χ3n) is 3.66. The van der Waals surface area contributed by atoms with Gasteiger partial charge in [0.15, 0.2) is 0 Å². The van der Waals surface area contributed by atoms with Crippen molar-refractivity contribution in [3.8, 4) is 0 Å². The molecule has 0 unspecified atom stereocenters. The van der Waals surface area contributed by atoms with Crippen LogP contribution in [-0.2, 0) is 19.7 Å². The van der Waals surface area contributed by atoms with Gasteiger partial charge in [-0.25, -0.2) is 4.79 Å². The quantitative estimate of drug-likeness (QED) is 0.823. The van der Waals surface area contributed by atoms with Crippen LogP contribution >= 0.6 is 0 Å². The maximum absolute atomic E-state index is 12.0. The number of nitrogens with two attached hydrogens (primary N) is 1.